The van der Waals surface area contributed by atoms with Crippen molar-refractivity contribution in [3.8, 4) is 17.2 Å². The van der Waals surface area contributed by atoms with Gasteiger partial charge in [0, 0.05) is 5.56 Å². The van der Waals surface area contributed by atoms with E-state index in [1.165, 1.54) is 23.9 Å². The summed E-state index contributed by atoms with van der Waals surface area (Å²) in [5.41, 5.74) is 1.60. The van der Waals surface area contributed by atoms with Crippen LogP contribution in [0.5, 0.6) is 5.75 Å². The molecule has 0 spiro atoms. The van der Waals surface area contributed by atoms with Crippen molar-refractivity contribution < 1.29 is 18.3 Å². The highest BCUT2D eigenvalue weighted by atomic mass is 32.2. The van der Waals surface area contributed by atoms with E-state index < -0.39 is 5.25 Å². The van der Waals surface area contributed by atoms with Crippen molar-refractivity contribution in [1.29, 1.82) is 0 Å². The van der Waals surface area contributed by atoms with E-state index in [9.17, 15) is 9.18 Å². The Morgan fingerprint density at radius 2 is 1.83 bits per heavy atom. The maximum atomic E-state index is 13.0. The highest BCUT2D eigenvalue weighted by Crippen LogP contribution is 2.27. The average molecular weight is 415 g/mol. The van der Waals surface area contributed by atoms with Crippen LogP contribution in [0.1, 0.15) is 32.4 Å². The number of benzene rings is 2. The van der Waals surface area contributed by atoms with E-state index in [1.807, 2.05) is 38.1 Å². The molecule has 0 fully saturated rings. The number of ether oxygens (including phenoxy) is 1. The summed E-state index contributed by atoms with van der Waals surface area (Å²) in [5.74, 6) is 0.664. The first-order valence-electron chi connectivity index (χ1n) is 9.25. The number of hydrogen-bond acceptors (Lipinski definition) is 6. The van der Waals surface area contributed by atoms with Crippen molar-refractivity contribution in [3.05, 3.63) is 59.9 Å². The highest BCUT2D eigenvalue weighted by molar-refractivity contribution is 8.00. The molecule has 1 aromatic heterocycles. The number of amides is 1. The van der Waals surface area contributed by atoms with Crippen LogP contribution in [0.4, 0.5) is 4.39 Å². The van der Waals surface area contributed by atoms with Gasteiger partial charge in [0.25, 0.3) is 5.22 Å². The molecule has 2 aromatic carbocycles. The first-order chi connectivity index (χ1) is 14.0. The standard InChI is InChI=1S/C21H22FN3O3S/c1-4-27-18-11-7-16(8-12-18)20-24-25-21(28-20)29-14(3)19(26)23-13(2)15-5-9-17(22)10-6-15/h5-14H,4H2,1-3H3,(H,23,26)/t13-,14-/m0/s1. The minimum atomic E-state index is -0.438. The van der Waals surface area contributed by atoms with Crippen LogP contribution in [0.2, 0.25) is 0 Å². The molecule has 0 bridgehead atoms. The van der Waals surface area contributed by atoms with Gasteiger partial charge in [0.15, 0.2) is 0 Å². The van der Waals surface area contributed by atoms with Crippen LogP contribution in [-0.2, 0) is 4.79 Å². The molecule has 0 aliphatic rings. The van der Waals surface area contributed by atoms with Gasteiger partial charge in [-0.05, 0) is 62.7 Å². The Morgan fingerprint density at radius 3 is 2.48 bits per heavy atom. The van der Waals surface area contributed by atoms with Gasteiger partial charge in [0.2, 0.25) is 11.8 Å². The fourth-order valence-electron chi connectivity index (χ4n) is 2.60. The van der Waals surface area contributed by atoms with E-state index in [0.717, 1.165) is 16.9 Å². The van der Waals surface area contributed by atoms with Crippen LogP contribution < -0.4 is 10.1 Å². The summed E-state index contributed by atoms with van der Waals surface area (Å²) in [5, 5.41) is 10.8. The van der Waals surface area contributed by atoms with E-state index in [0.29, 0.717) is 17.7 Å². The molecular formula is C21H22FN3O3S. The third-order valence-electron chi connectivity index (χ3n) is 4.19. The highest BCUT2D eigenvalue weighted by Gasteiger charge is 2.20. The normalized spacial score (nSPS) is 13.0. The summed E-state index contributed by atoms with van der Waals surface area (Å²) in [6, 6.07) is 13.2. The number of carbonyl (C=O) groups is 1. The first kappa shape index (κ1) is 20.9. The van der Waals surface area contributed by atoms with E-state index in [2.05, 4.69) is 15.5 Å². The zero-order chi connectivity index (χ0) is 20.8. The van der Waals surface area contributed by atoms with E-state index in [1.54, 1.807) is 19.1 Å². The molecule has 0 aliphatic carbocycles. The van der Waals surface area contributed by atoms with Crippen molar-refractivity contribution >= 4 is 17.7 Å². The number of halogens is 1. The smallest absolute Gasteiger partial charge is 0.277 e. The number of hydrogen-bond donors (Lipinski definition) is 1. The van der Waals surface area contributed by atoms with Gasteiger partial charge in [-0.25, -0.2) is 4.39 Å². The van der Waals surface area contributed by atoms with E-state index in [-0.39, 0.29) is 17.8 Å². The van der Waals surface area contributed by atoms with Crippen molar-refractivity contribution in [2.24, 2.45) is 0 Å². The van der Waals surface area contributed by atoms with Crippen LogP contribution in [0, 0.1) is 5.82 Å². The molecule has 0 saturated carbocycles. The van der Waals surface area contributed by atoms with Crippen LogP contribution in [0.3, 0.4) is 0 Å². The molecule has 0 aliphatic heterocycles. The van der Waals surface area contributed by atoms with Crippen LogP contribution in [0.15, 0.2) is 58.2 Å². The van der Waals surface area contributed by atoms with Gasteiger partial charge in [-0.2, -0.15) is 0 Å². The van der Waals surface area contributed by atoms with Crippen LogP contribution >= 0.6 is 11.8 Å². The summed E-state index contributed by atoms with van der Waals surface area (Å²) in [6.45, 7) is 6.13. The Morgan fingerprint density at radius 1 is 1.14 bits per heavy atom. The largest absolute Gasteiger partial charge is 0.494 e. The molecule has 3 aromatic rings. The molecule has 152 valence electrons. The molecule has 0 saturated heterocycles. The lowest BCUT2D eigenvalue weighted by molar-refractivity contribution is -0.120. The van der Waals surface area contributed by atoms with E-state index in [4.69, 9.17) is 9.15 Å². The fraction of sp³-hybridized carbons (Fsp3) is 0.286. The van der Waals surface area contributed by atoms with Crippen LogP contribution in [-0.4, -0.2) is 28.0 Å². The zero-order valence-electron chi connectivity index (χ0n) is 16.4. The number of carbonyl (C=O) groups excluding carboxylic acids is 1. The lowest BCUT2D eigenvalue weighted by Crippen LogP contribution is -2.33. The van der Waals surface area contributed by atoms with E-state index >= 15 is 0 Å². The van der Waals surface area contributed by atoms with Gasteiger partial charge in [0.05, 0.1) is 17.9 Å². The van der Waals surface area contributed by atoms with Gasteiger partial charge < -0.3 is 14.5 Å². The summed E-state index contributed by atoms with van der Waals surface area (Å²) in [4.78, 5) is 12.5. The summed E-state index contributed by atoms with van der Waals surface area (Å²) < 4.78 is 24.1. The molecule has 6 nitrogen and oxygen atoms in total. The second-order valence-corrected chi connectivity index (χ2v) is 7.66. The number of thioether (sulfide) groups is 1. The molecule has 1 amide bonds. The molecule has 0 radical (unpaired) electrons. The quantitative estimate of drug-likeness (QED) is 0.541. The Kier molecular flexibility index (Phi) is 6.87. The Hall–Kier alpha value is -2.87. The summed E-state index contributed by atoms with van der Waals surface area (Å²) in [7, 11) is 0. The predicted molar refractivity (Wildman–Crippen MR) is 109 cm³/mol. The maximum Gasteiger partial charge on any atom is 0.277 e. The second kappa shape index (κ2) is 9.56. The average Bonchev–Trinajstić information content (AvgIpc) is 3.17. The van der Waals surface area contributed by atoms with Gasteiger partial charge in [-0.15, -0.1) is 10.2 Å². The molecule has 0 unspecified atom stereocenters. The van der Waals surface area contributed by atoms with Crippen molar-refractivity contribution in [2.75, 3.05) is 6.61 Å². The SMILES string of the molecule is CCOc1ccc(-c2nnc(S[C@@H](C)C(=O)N[C@@H](C)c3ccc(F)cc3)o2)cc1. The zero-order valence-corrected chi connectivity index (χ0v) is 17.2. The topological polar surface area (TPSA) is 77.2 Å². The summed E-state index contributed by atoms with van der Waals surface area (Å²) in [6.07, 6.45) is 0. The lowest BCUT2D eigenvalue weighted by Gasteiger charge is -2.16. The van der Waals surface area contributed by atoms with Crippen molar-refractivity contribution in [1.82, 2.24) is 15.5 Å². The van der Waals surface area contributed by atoms with Gasteiger partial charge >= 0.3 is 0 Å². The number of nitrogens with one attached hydrogen (secondary N) is 1. The van der Waals surface area contributed by atoms with Crippen molar-refractivity contribution in [3.63, 3.8) is 0 Å². The molecule has 8 heteroatoms. The lowest BCUT2D eigenvalue weighted by atomic mass is 10.1. The summed E-state index contributed by atoms with van der Waals surface area (Å²) >= 11 is 1.18. The molecular weight excluding hydrogens is 393 g/mol. The second-order valence-electron chi connectivity index (χ2n) is 6.37. The third-order valence-corrected chi connectivity index (χ3v) is 5.13. The number of nitrogens with zero attached hydrogens (tertiary/aromatic N) is 2. The Bertz CT molecular complexity index is 945. The first-order valence-corrected chi connectivity index (χ1v) is 10.1. The number of rotatable bonds is 8. The minimum absolute atomic E-state index is 0.173. The Balaban J connectivity index is 1.58. The van der Waals surface area contributed by atoms with Gasteiger partial charge in [-0.1, -0.05) is 23.9 Å². The van der Waals surface area contributed by atoms with Gasteiger partial charge in [0.1, 0.15) is 11.6 Å². The van der Waals surface area contributed by atoms with Crippen molar-refractivity contribution in [2.45, 2.75) is 37.3 Å². The molecule has 29 heavy (non-hydrogen) atoms. The van der Waals surface area contributed by atoms with Gasteiger partial charge in [-0.3, -0.25) is 4.79 Å². The monoisotopic (exact) mass is 415 g/mol. The van der Waals surface area contributed by atoms with Crippen LogP contribution in [0.25, 0.3) is 11.5 Å². The molecule has 1 N–H and O–H groups in total. The predicted octanol–water partition coefficient (Wildman–Crippen LogP) is 4.63. The molecule has 3 rings (SSSR count). The third kappa shape index (κ3) is 5.57. The minimum Gasteiger partial charge on any atom is -0.494 e. The Labute approximate surface area is 172 Å². The molecule has 2 atom stereocenters. The molecule has 1 heterocycles. The number of aromatic nitrogens is 2. The maximum absolute atomic E-state index is 13.0. The fourth-order valence-corrected chi connectivity index (χ4v) is 3.30.